The number of carbonyl (C=O) groups excluding carboxylic acids is 2. The number of hydrogen-bond donors (Lipinski definition) is 2. The van der Waals surface area contributed by atoms with Gasteiger partial charge in [0, 0.05) is 58.4 Å². The van der Waals surface area contributed by atoms with Gasteiger partial charge < -0.3 is 20.2 Å². The molecule has 0 bridgehead atoms. The van der Waals surface area contributed by atoms with E-state index in [2.05, 4.69) is 22.2 Å². The monoisotopic (exact) mass is 405 g/mol. The largest absolute Gasteiger partial charge is 0.388 e. The van der Waals surface area contributed by atoms with E-state index in [1.165, 1.54) is 0 Å². The van der Waals surface area contributed by atoms with E-state index < -0.39 is 5.60 Å². The molecule has 162 valence electrons. The van der Waals surface area contributed by atoms with Crippen LogP contribution >= 0.6 is 0 Å². The van der Waals surface area contributed by atoms with Crippen molar-refractivity contribution in [2.75, 3.05) is 32.7 Å². The van der Waals surface area contributed by atoms with Gasteiger partial charge in [0.25, 0.3) is 5.91 Å². The zero-order valence-corrected chi connectivity index (χ0v) is 17.8. The Hall–Kier alpha value is -1.93. The SMILES string of the molecule is CCCn1nccc1C(=O)N1CCC[C@](O)(CN2CCC(NC(C)=O)CC2)CC1. The van der Waals surface area contributed by atoms with Gasteiger partial charge in [0.05, 0.1) is 5.60 Å². The molecule has 0 spiro atoms. The quantitative estimate of drug-likeness (QED) is 0.743. The summed E-state index contributed by atoms with van der Waals surface area (Å²) in [5.41, 5.74) is -0.128. The molecular formula is C21H35N5O3. The van der Waals surface area contributed by atoms with Gasteiger partial charge in [0.15, 0.2) is 0 Å². The predicted molar refractivity (Wildman–Crippen MR) is 111 cm³/mol. The maximum Gasteiger partial charge on any atom is 0.272 e. The summed E-state index contributed by atoms with van der Waals surface area (Å²) in [6.07, 6.45) is 6.54. The summed E-state index contributed by atoms with van der Waals surface area (Å²) < 4.78 is 1.78. The van der Waals surface area contributed by atoms with Crippen molar-refractivity contribution >= 4 is 11.8 Å². The van der Waals surface area contributed by atoms with E-state index in [9.17, 15) is 14.7 Å². The lowest BCUT2D eigenvalue weighted by atomic mass is 9.93. The lowest BCUT2D eigenvalue weighted by Crippen LogP contribution is -2.50. The molecule has 8 heteroatoms. The fourth-order valence-electron chi connectivity index (χ4n) is 4.55. The van der Waals surface area contributed by atoms with Crippen molar-refractivity contribution in [1.29, 1.82) is 0 Å². The standard InChI is InChI=1S/C21H35N5O3/c1-3-11-26-19(5-10-22-26)20(28)25-12-4-8-21(29,9-15-25)16-24-13-6-18(7-14-24)23-17(2)27/h5,10,18,29H,3-4,6-9,11-16H2,1-2H3,(H,23,27)/t21-/m1/s1. The average molecular weight is 406 g/mol. The van der Waals surface area contributed by atoms with Gasteiger partial charge in [0.2, 0.25) is 5.91 Å². The molecule has 1 aromatic heterocycles. The number of aryl methyl sites for hydroxylation is 1. The molecule has 2 amide bonds. The van der Waals surface area contributed by atoms with Crippen LogP contribution in [-0.2, 0) is 11.3 Å². The van der Waals surface area contributed by atoms with Crippen molar-refractivity contribution in [3.63, 3.8) is 0 Å². The van der Waals surface area contributed by atoms with E-state index >= 15 is 0 Å². The number of carbonyl (C=O) groups is 2. The van der Waals surface area contributed by atoms with Crippen LogP contribution in [0.25, 0.3) is 0 Å². The second-order valence-corrected chi connectivity index (χ2v) is 8.56. The number of piperidine rings is 1. The van der Waals surface area contributed by atoms with E-state index in [4.69, 9.17) is 0 Å². The topological polar surface area (TPSA) is 90.7 Å². The molecule has 2 saturated heterocycles. The molecule has 0 unspecified atom stereocenters. The van der Waals surface area contributed by atoms with Gasteiger partial charge in [0.1, 0.15) is 5.69 Å². The fraction of sp³-hybridized carbons (Fsp3) is 0.762. The molecule has 2 aliphatic rings. The molecular weight excluding hydrogens is 370 g/mol. The van der Waals surface area contributed by atoms with Gasteiger partial charge in [-0.05, 0) is 44.6 Å². The molecule has 0 saturated carbocycles. The highest BCUT2D eigenvalue weighted by molar-refractivity contribution is 5.92. The summed E-state index contributed by atoms with van der Waals surface area (Å²) in [7, 11) is 0. The third-order valence-electron chi connectivity index (χ3n) is 6.09. The molecule has 0 radical (unpaired) electrons. The Kier molecular flexibility index (Phi) is 7.29. The summed E-state index contributed by atoms with van der Waals surface area (Å²) in [6.45, 7) is 8.00. The number of β-amino-alcohol motifs (C(OH)–C–C–N with tert-alkyl or cyclic N) is 1. The van der Waals surface area contributed by atoms with Gasteiger partial charge >= 0.3 is 0 Å². The maximum atomic E-state index is 13.0. The first-order chi connectivity index (χ1) is 13.9. The first kappa shape index (κ1) is 21.8. The first-order valence-corrected chi connectivity index (χ1v) is 10.9. The van der Waals surface area contributed by atoms with Crippen LogP contribution in [-0.4, -0.2) is 80.9 Å². The highest BCUT2D eigenvalue weighted by Crippen LogP contribution is 2.26. The van der Waals surface area contributed by atoms with Crippen LogP contribution in [0.4, 0.5) is 0 Å². The minimum Gasteiger partial charge on any atom is -0.388 e. The van der Waals surface area contributed by atoms with Crippen LogP contribution in [0.15, 0.2) is 12.3 Å². The number of nitrogens with zero attached hydrogens (tertiary/aromatic N) is 4. The van der Waals surface area contributed by atoms with Crippen molar-refractivity contribution < 1.29 is 14.7 Å². The molecule has 0 aliphatic carbocycles. The second kappa shape index (κ2) is 9.71. The average Bonchev–Trinajstić information content (AvgIpc) is 3.05. The van der Waals surface area contributed by atoms with E-state index in [1.54, 1.807) is 23.9 Å². The zero-order valence-electron chi connectivity index (χ0n) is 17.8. The molecule has 1 atom stereocenters. The number of aliphatic hydroxyl groups is 1. The van der Waals surface area contributed by atoms with Crippen molar-refractivity contribution in [2.45, 2.75) is 70.6 Å². The molecule has 2 N–H and O–H groups in total. The van der Waals surface area contributed by atoms with Gasteiger partial charge in [-0.3, -0.25) is 14.3 Å². The van der Waals surface area contributed by atoms with Crippen LogP contribution in [0, 0.1) is 0 Å². The highest BCUT2D eigenvalue weighted by Gasteiger charge is 2.35. The molecule has 3 heterocycles. The number of nitrogens with one attached hydrogen (secondary N) is 1. The minimum absolute atomic E-state index is 0.0105. The summed E-state index contributed by atoms with van der Waals surface area (Å²) in [5, 5.41) is 18.5. The lowest BCUT2D eigenvalue weighted by Gasteiger charge is -2.38. The van der Waals surface area contributed by atoms with Gasteiger partial charge in [-0.15, -0.1) is 0 Å². The Morgan fingerprint density at radius 2 is 2.00 bits per heavy atom. The zero-order chi connectivity index (χ0) is 20.9. The second-order valence-electron chi connectivity index (χ2n) is 8.56. The Labute approximate surface area is 173 Å². The molecule has 1 aromatic rings. The van der Waals surface area contributed by atoms with Crippen molar-refractivity contribution in [2.24, 2.45) is 0 Å². The molecule has 8 nitrogen and oxygen atoms in total. The van der Waals surface area contributed by atoms with E-state index in [0.717, 1.165) is 45.3 Å². The van der Waals surface area contributed by atoms with E-state index in [0.29, 0.717) is 38.2 Å². The number of rotatable bonds is 6. The van der Waals surface area contributed by atoms with Crippen molar-refractivity contribution in [3.05, 3.63) is 18.0 Å². The Morgan fingerprint density at radius 3 is 2.69 bits per heavy atom. The normalized spacial score (nSPS) is 24.3. The number of aromatic nitrogens is 2. The number of amides is 2. The molecule has 2 fully saturated rings. The Balaban J connectivity index is 1.53. The smallest absolute Gasteiger partial charge is 0.272 e. The maximum absolute atomic E-state index is 13.0. The lowest BCUT2D eigenvalue weighted by molar-refractivity contribution is -0.120. The molecule has 2 aliphatic heterocycles. The third-order valence-corrected chi connectivity index (χ3v) is 6.09. The summed E-state index contributed by atoms with van der Waals surface area (Å²) >= 11 is 0. The number of hydrogen-bond acceptors (Lipinski definition) is 5. The first-order valence-electron chi connectivity index (χ1n) is 10.9. The minimum atomic E-state index is -0.764. The summed E-state index contributed by atoms with van der Waals surface area (Å²) in [5.74, 6) is 0.0345. The van der Waals surface area contributed by atoms with Gasteiger partial charge in [-0.1, -0.05) is 6.92 Å². The van der Waals surface area contributed by atoms with Crippen molar-refractivity contribution in [3.8, 4) is 0 Å². The van der Waals surface area contributed by atoms with E-state index in [1.807, 2.05) is 4.90 Å². The molecule has 0 aromatic carbocycles. The molecule has 3 rings (SSSR count). The predicted octanol–water partition coefficient (Wildman–Crippen LogP) is 1.25. The Morgan fingerprint density at radius 1 is 1.24 bits per heavy atom. The van der Waals surface area contributed by atoms with Crippen molar-refractivity contribution in [1.82, 2.24) is 24.9 Å². The Bertz CT molecular complexity index is 698. The van der Waals surface area contributed by atoms with Crippen LogP contribution in [0.5, 0.6) is 0 Å². The molecule has 29 heavy (non-hydrogen) atoms. The van der Waals surface area contributed by atoms with E-state index in [-0.39, 0.29) is 17.9 Å². The highest BCUT2D eigenvalue weighted by atomic mass is 16.3. The summed E-state index contributed by atoms with van der Waals surface area (Å²) in [4.78, 5) is 28.4. The van der Waals surface area contributed by atoms with Crippen LogP contribution in [0.1, 0.15) is 62.9 Å². The van der Waals surface area contributed by atoms with Gasteiger partial charge in [-0.2, -0.15) is 5.10 Å². The fourth-order valence-corrected chi connectivity index (χ4v) is 4.55. The van der Waals surface area contributed by atoms with Crippen LogP contribution < -0.4 is 5.32 Å². The summed E-state index contributed by atoms with van der Waals surface area (Å²) in [6, 6.07) is 2.03. The van der Waals surface area contributed by atoms with Gasteiger partial charge in [-0.25, -0.2) is 0 Å². The third kappa shape index (κ3) is 5.79. The van der Waals surface area contributed by atoms with Crippen LogP contribution in [0.2, 0.25) is 0 Å². The van der Waals surface area contributed by atoms with Crippen LogP contribution in [0.3, 0.4) is 0 Å². The number of likely N-dealkylation sites (tertiary alicyclic amines) is 2.